The average Bonchev–Trinajstić information content (AvgIpc) is 2.94. The van der Waals surface area contributed by atoms with Crippen molar-refractivity contribution in [2.24, 2.45) is 0 Å². The number of rotatable bonds is 2. The fourth-order valence-electron chi connectivity index (χ4n) is 1.76. The Kier molecular flexibility index (Phi) is 2.12. The highest BCUT2D eigenvalue weighted by molar-refractivity contribution is 5.73. The van der Waals surface area contributed by atoms with E-state index in [0.29, 0.717) is 22.2 Å². The predicted molar refractivity (Wildman–Crippen MR) is 59.6 cm³/mol. The van der Waals surface area contributed by atoms with E-state index in [1.165, 1.54) is 12.5 Å². The van der Waals surface area contributed by atoms with Gasteiger partial charge >= 0.3 is 5.76 Å². The summed E-state index contributed by atoms with van der Waals surface area (Å²) in [6.07, 6.45) is 2.17. The lowest BCUT2D eigenvalue weighted by atomic mass is 10.0. The zero-order valence-corrected chi connectivity index (χ0v) is 8.71. The van der Waals surface area contributed by atoms with E-state index in [4.69, 9.17) is 8.83 Å². The molecule has 17 heavy (non-hydrogen) atoms. The SMILES string of the molecule is O=c1[nH]c2ccc(C(O)c3ccoc3)cc2o1. The number of H-pyrrole nitrogens is 1. The van der Waals surface area contributed by atoms with Crippen molar-refractivity contribution in [1.29, 1.82) is 0 Å². The highest BCUT2D eigenvalue weighted by Crippen LogP contribution is 2.24. The topological polar surface area (TPSA) is 79.4 Å². The van der Waals surface area contributed by atoms with Gasteiger partial charge in [-0.15, -0.1) is 0 Å². The largest absolute Gasteiger partial charge is 0.472 e. The van der Waals surface area contributed by atoms with Crippen molar-refractivity contribution in [3.05, 3.63) is 58.5 Å². The van der Waals surface area contributed by atoms with Crippen molar-refractivity contribution in [2.75, 3.05) is 0 Å². The monoisotopic (exact) mass is 231 g/mol. The summed E-state index contributed by atoms with van der Waals surface area (Å²) in [6.45, 7) is 0. The summed E-state index contributed by atoms with van der Waals surface area (Å²) in [6, 6.07) is 6.73. The Hall–Kier alpha value is -2.27. The van der Waals surface area contributed by atoms with E-state index in [9.17, 15) is 9.90 Å². The minimum absolute atomic E-state index is 0.426. The van der Waals surface area contributed by atoms with E-state index < -0.39 is 11.9 Å². The standard InChI is InChI=1S/C12H9NO4/c14-11(8-3-4-16-6-8)7-1-2-9-10(5-7)17-12(15)13-9/h1-6,11,14H,(H,13,15). The lowest BCUT2D eigenvalue weighted by molar-refractivity contribution is 0.219. The van der Waals surface area contributed by atoms with Crippen LogP contribution in [0.4, 0.5) is 0 Å². The molecule has 1 unspecified atom stereocenters. The summed E-state index contributed by atoms with van der Waals surface area (Å²) in [5.41, 5.74) is 2.33. The molecule has 0 saturated carbocycles. The Labute approximate surface area is 95.3 Å². The molecule has 3 aromatic rings. The first-order chi connectivity index (χ1) is 8.24. The number of benzene rings is 1. The quantitative estimate of drug-likeness (QED) is 0.704. The molecule has 0 spiro atoms. The van der Waals surface area contributed by atoms with Crippen molar-refractivity contribution in [3.63, 3.8) is 0 Å². The number of oxazole rings is 1. The van der Waals surface area contributed by atoms with Gasteiger partial charge in [0.25, 0.3) is 0 Å². The lowest BCUT2D eigenvalue weighted by Crippen LogP contribution is -1.97. The van der Waals surface area contributed by atoms with Crippen molar-refractivity contribution in [1.82, 2.24) is 4.98 Å². The molecule has 2 heterocycles. The highest BCUT2D eigenvalue weighted by atomic mass is 16.4. The number of furan rings is 1. The number of fused-ring (bicyclic) bond motifs is 1. The van der Waals surface area contributed by atoms with Crippen LogP contribution in [-0.2, 0) is 0 Å². The second kappa shape index (κ2) is 3.64. The van der Waals surface area contributed by atoms with Crippen molar-refractivity contribution in [2.45, 2.75) is 6.10 Å². The predicted octanol–water partition coefficient (Wildman–Crippen LogP) is 1.80. The summed E-state index contributed by atoms with van der Waals surface area (Å²) >= 11 is 0. The maximum absolute atomic E-state index is 11.0. The maximum Gasteiger partial charge on any atom is 0.417 e. The molecule has 0 bridgehead atoms. The van der Waals surface area contributed by atoms with E-state index in [1.807, 2.05) is 0 Å². The maximum atomic E-state index is 11.0. The van der Waals surface area contributed by atoms with Crippen molar-refractivity contribution >= 4 is 11.1 Å². The van der Waals surface area contributed by atoms with Crippen LogP contribution in [0.3, 0.4) is 0 Å². The molecule has 0 aliphatic carbocycles. The normalized spacial score (nSPS) is 13.0. The molecule has 1 aromatic carbocycles. The van der Waals surface area contributed by atoms with Gasteiger partial charge in [0.15, 0.2) is 5.58 Å². The van der Waals surface area contributed by atoms with E-state index in [2.05, 4.69) is 4.98 Å². The summed E-state index contributed by atoms with van der Waals surface area (Å²) in [5.74, 6) is -0.505. The zero-order valence-electron chi connectivity index (χ0n) is 8.71. The molecule has 0 aliphatic rings. The van der Waals surface area contributed by atoms with Gasteiger partial charge in [0.1, 0.15) is 6.10 Å². The molecule has 0 saturated heterocycles. The molecule has 3 rings (SSSR count). The first-order valence-corrected chi connectivity index (χ1v) is 5.07. The fraction of sp³-hybridized carbons (Fsp3) is 0.0833. The first kappa shape index (κ1) is 9.92. The number of aromatic nitrogens is 1. The van der Waals surface area contributed by atoms with Crippen LogP contribution >= 0.6 is 0 Å². The van der Waals surface area contributed by atoms with Gasteiger partial charge in [-0.1, -0.05) is 6.07 Å². The molecule has 0 amide bonds. The van der Waals surface area contributed by atoms with Crippen molar-refractivity contribution in [3.8, 4) is 0 Å². The van der Waals surface area contributed by atoms with Gasteiger partial charge in [-0.25, -0.2) is 4.79 Å². The summed E-state index contributed by atoms with van der Waals surface area (Å²) < 4.78 is 9.84. The van der Waals surface area contributed by atoms with E-state index >= 15 is 0 Å². The van der Waals surface area contributed by atoms with Crippen LogP contribution in [-0.4, -0.2) is 10.1 Å². The van der Waals surface area contributed by atoms with Gasteiger partial charge in [-0.3, -0.25) is 4.98 Å². The number of nitrogens with one attached hydrogen (secondary N) is 1. The Bertz CT molecular complexity index is 693. The van der Waals surface area contributed by atoms with Gasteiger partial charge in [-0.05, 0) is 23.8 Å². The molecule has 2 N–H and O–H groups in total. The molecule has 1 atom stereocenters. The van der Waals surface area contributed by atoms with Crippen molar-refractivity contribution < 1.29 is 13.9 Å². The van der Waals surface area contributed by atoms with E-state index in [0.717, 1.165) is 0 Å². The van der Waals surface area contributed by atoms with Gasteiger partial charge in [0, 0.05) is 5.56 Å². The molecule has 0 fully saturated rings. The third kappa shape index (κ3) is 1.66. The van der Waals surface area contributed by atoms with Crippen LogP contribution in [0, 0.1) is 0 Å². The van der Waals surface area contributed by atoms with Crippen LogP contribution in [0.25, 0.3) is 11.1 Å². The molecule has 0 radical (unpaired) electrons. The van der Waals surface area contributed by atoms with Gasteiger partial charge in [0.05, 0.1) is 18.0 Å². The number of hydrogen-bond acceptors (Lipinski definition) is 4. The third-order valence-corrected chi connectivity index (χ3v) is 2.62. The van der Waals surface area contributed by atoms with Crippen LogP contribution < -0.4 is 5.76 Å². The third-order valence-electron chi connectivity index (χ3n) is 2.62. The lowest BCUT2D eigenvalue weighted by Gasteiger charge is -2.07. The minimum atomic E-state index is -0.793. The van der Waals surface area contributed by atoms with E-state index in [1.54, 1.807) is 24.3 Å². The van der Waals surface area contributed by atoms with Gasteiger partial charge in [0.2, 0.25) is 0 Å². The fourth-order valence-corrected chi connectivity index (χ4v) is 1.76. The molecule has 0 aliphatic heterocycles. The Balaban J connectivity index is 2.08. The second-order valence-electron chi connectivity index (χ2n) is 3.73. The number of aromatic amines is 1. The smallest absolute Gasteiger partial charge is 0.417 e. The Morgan fingerprint density at radius 3 is 2.88 bits per heavy atom. The summed E-state index contributed by atoms with van der Waals surface area (Å²) in [4.78, 5) is 13.5. The second-order valence-corrected chi connectivity index (χ2v) is 3.73. The highest BCUT2D eigenvalue weighted by Gasteiger charge is 2.13. The first-order valence-electron chi connectivity index (χ1n) is 5.07. The van der Waals surface area contributed by atoms with E-state index in [-0.39, 0.29) is 0 Å². The molecular formula is C12H9NO4. The Morgan fingerprint density at radius 1 is 1.24 bits per heavy atom. The summed E-state index contributed by atoms with van der Waals surface area (Å²) in [7, 11) is 0. The average molecular weight is 231 g/mol. The summed E-state index contributed by atoms with van der Waals surface area (Å²) in [5, 5.41) is 10.1. The molecule has 5 heteroatoms. The zero-order chi connectivity index (χ0) is 11.8. The van der Waals surface area contributed by atoms with Crippen LogP contribution in [0.2, 0.25) is 0 Å². The molecule has 2 aromatic heterocycles. The number of aliphatic hydroxyl groups excluding tert-OH is 1. The molecule has 86 valence electrons. The van der Waals surface area contributed by atoms with Crippen LogP contribution in [0.1, 0.15) is 17.2 Å². The van der Waals surface area contributed by atoms with Gasteiger partial charge < -0.3 is 13.9 Å². The minimum Gasteiger partial charge on any atom is -0.472 e. The number of aliphatic hydroxyl groups is 1. The van der Waals surface area contributed by atoms with Crippen LogP contribution in [0.5, 0.6) is 0 Å². The number of hydrogen-bond donors (Lipinski definition) is 2. The van der Waals surface area contributed by atoms with Crippen LogP contribution in [0.15, 0.2) is 50.4 Å². The molecule has 5 nitrogen and oxygen atoms in total. The van der Waals surface area contributed by atoms with Gasteiger partial charge in [-0.2, -0.15) is 0 Å². The molecular weight excluding hydrogens is 222 g/mol. The Morgan fingerprint density at radius 2 is 2.12 bits per heavy atom.